The quantitative estimate of drug-likeness (QED) is 0.561. The van der Waals surface area contributed by atoms with Crippen LogP contribution in [0.1, 0.15) is 10.5 Å². The molecule has 0 aliphatic carbocycles. The van der Waals surface area contributed by atoms with Crippen LogP contribution in [0.4, 0.5) is 14.5 Å². The molecule has 0 aliphatic heterocycles. The van der Waals surface area contributed by atoms with E-state index in [4.69, 9.17) is 51.1 Å². The summed E-state index contributed by atoms with van der Waals surface area (Å²) in [6, 6.07) is 2.55. The normalized spacial score (nSPS) is 10.5. The Morgan fingerprint density at radius 3 is 2.40 bits per heavy atom. The molecule has 2 aromatic rings. The van der Waals surface area contributed by atoms with Crippen molar-refractivity contribution in [1.29, 1.82) is 0 Å². The van der Waals surface area contributed by atoms with Crippen LogP contribution in [0.5, 0.6) is 0 Å². The summed E-state index contributed by atoms with van der Waals surface area (Å²) in [6.45, 7) is -0.786. The number of esters is 1. The molecule has 5 nitrogen and oxygen atoms in total. The van der Waals surface area contributed by atoms with Gasteiger partial charge in [-0.05, 0) is 12.1 Å². The predicted molar refractivity (Wildman–Crippen MR) is 89.5 cm³/mol. The van der Waals surface area contributed by atoms with E-state index in [0.29, 0.717) is 6.07 Å². The Morgan fingerprint density at radius 1 is 1.08 bits per heavy atom. The molecule has 0 saturated heterocycles. The SMILES string of the molecule is O=C(COC(=O)c1nc(Cl)c(Cl)c(Cl)c1Cl)Nc1ccc(F)cc1F. The lowest BCUT2D eigenvalue weighted by Crippen LogP contribution is -2.22. The molecule has 0 spiro atoms. The minimum Gasteiger partial charge on any atom is -0.451 e. The first-order chi connectivity index (χ1) is 11.7. The largest absolute Gasteiger partial charge is 0.451 e. The topological polar surface area (TPSA) is 68.3 Å². The van der Waals surface area contributed by atoms with Gasteiger partial charge in [0, 0.05) is 6.07 Å². The summed E-state index contributed by atoms with van der Waals surface area (Å²) in [4.78, 5) is 27.2. The molecule has 1 aromatic carbocycles. The first kappa shape index (κ1) is 19.7. The highest BCUT2D eigenvalue weighted by atomic mass is 35.5. The Kier molecular flexibility index (Phi) is 6.40. The van der Waals surface area contributed by atoms with Gasteiger partial charge in [0.15, 0.2) is 12.3 Å². The van der Waals surface area contributed by atoms with Crippen molar-refractivity contribution in [2.45, 2.75) is 0 Å². The van der Waals surface area contributed by atoms with E-state index in [-0.39, 0.29) is 25.9 Å². The number of aromatic nitrogens is 1. The summed E-state index contributed by atoms with van der Waals surface area (Å²) in [5.74, 6) is -3.76. The third-order valence-corrected chi connectivity index (χ3v) is 4.39. The molecule has 0 fully saturated rings. The molecule has 1 aromatic heterocycles. The van der Waals surface area contributed by atoms with Crippen LogP contribution in [0, 0.1) is 11.6 Å². The molecule has 0 aliphatic rings. The summed E-state index contributed by atoms with van der Waals surface area (Å²) < 4.78 is 30.9. The first-order valence-corrected chi connectivity index (χ1v) is 7.84. The number of anilines is 1. The van der Waals surface area contributed by atoms with Crippen LogP contribution >= 0.6 is 46.4 Å². The fraction of sp³-hybridized carbons (Fsp3) is 0.0714. The van der Waals surface area contributed by atoms with Gasteiger partial charge in [0.2, 0.25) is 0 Å². The van der Waals surface area contributed by atoms with Crippen molar-refractivity contribution in [3.05, 3.63) is 55.7 Å². The molecular weight excluding hydrogens is 424 g/mol. The van der Waals surface area contributed by atoms with E-state index in [1.54, 1.807) is 0 Å². The number of carbonyl (C=O) groups excluding carboxylic acids is 2. The van der Waals surface area contributed by atoms with Crippen molar-refractivity contribution in [2.75, 3.05) is 11.9 Å². The Hall–Kier alpha value is -1.67. The molecule has 25 heavy (non-hydrogen) atoms. The third-order valence-electron chi connectivity index (χ3n) is 2.72. The summed E-state index contributed by atoms with van der Waals surface area (Å²) >= 11 is 23.0. The Labute approximate surface area is 159 Å². The second-order valence-electron chi connectivity index (χ2n) is 4.44. The standard InChI is InChI=1S/C14H6Cl4F2N2O3/c15-9-10(16)12(22-13(18)11(9)17)14(24)25-4-8(23)21-7-2-1-5(19)3-6(7)20/h1-3H,4H2,(H,21,23). The van der Waals surface area contributed by atoms with E-state index in [9.17, 15) is 18.4 Å². The van der Waals surface area contributed by atoms with Crippen LogP contribution in [0.3, 0.4) is 0 Å². The summed E-state index contributed by atoms with van der Waals surface area (Å²) in [7, 11) is 0. The van der Waals surface area contributed by atoms with Crippen molar-refractivity contribution in [3.63, 3.8) is 0 Å². The van der Waals surface area contributed by atoms with Crippen molar-refractivity contribution in [2.24, 2.45) is 0 Å². The Morgan fingerprint density at radius 2 is 1.76 bits per heavy atom. The van der Waals surface area contributed by atoms with Crippen molar-refractivity contribution >= 4 is 64.0 Å². The highest BCUT2D eigenvalue weighted by molar-refractivity contribution is 6.52. The molecule has 0 unspecified atom stereocenters. The van der Waals surface area contributed by atoms with E-state index in [1.165, 1.54) is 0 Å². The van der Waals surface area contributed by atoms with Crippen LogP contribution in [-0.4, -0.2) is 23.5 Å². The van der Waals surface area contributed by atoms with Crippen molar-refractivity contribution in [1.82, 2.24) is 4.98 Å². The number of halogens is 6. The minimum absolute atomic E-state index is 0.144. The molecule has 1 N–H and O–H groups in total. The summed E-state index contributed by atoms with van der Waals surface area (Å²) in [5.41, 5.74) is -0.724. The van der Waals surface area contributed by atoms with Crippen LogP contribution in [0.2, 0.25) is 20.2 Å². The lowest BCUT2D eigenvalue weighted by Gasteiger charge is -2.09. The number of carbonyl (C=O) groups is 2. The van der Waals surface area contributed by atoms with Gasteiger partial charge in [-0.25, -0.2) is 18.6 Å². The van der Waals surface area contributed by atoms with Gasteiger partial charge >= 0.3 is 5.97 Å². The van der Waals surface area contributed by atoms with Gasteiger partial charge in [-0.15, -0.1) is 0 Å². The fourth-order valence-corrected chi connectivity index (χ4v) is 2.40. The molecule has 132 valence electrons. The molecule has 1 heterocycles. The lowest BCUT2D eigenvalue weighted by molar-refractivity contribution is -0.119. The van der Waals surface area contributed by atoms with Gasteiger partial charge in [0.05, 0.1) is 20.8 Å². The maximum atomic E-state index is 13.4. The van der Waals surface area contributed by atoms with Gasteiger partial charge in [0.1, 0.15) is 16.8 Å². The van der Waals surface area contributed by atoms with Crippen molar-refractivity contribution in [3.8, 4) is 0 Å². The smallest absolute Gasteiger partial charge is 0.359 e. The second kappa shape index (κ2) is 8.14. The molecular formula is C14H6Cl4F2N2O3. The third kappa shape index (κ3) is 4.70. The number of ether oxygens (including phenoxy) is 1. The molecule has 1 amide bonds. The maximum absolute atomic E-state index is 13.4. The van der Waals surface area contributed by atoms with Crippen LogP contribution in [0.15, 0.2) is 18.2 Å². The number of nitrogens with zero attached hydrogens (tertiary/aromatic N) is 1. The van der Waals surface area contributed by atoms with E-state index in [1.807, 2.05) is 0 Å². The maximum Gasteiger partial charge on any atom is 0.359 e. The second-order valence-corrected chi connectivity index (χ2v) is 5.93. The average molecular weight is 430 g/mol. The van der Waals surface area contributed by atoms with Gasteiger partial charge in [-0.2, -0.15) is 0 Å². The van der Waals surface area contributed by atoms with Gasteiger partial charge < -0.3 is 10.1 Å². The van der Waals surface area contributed by atoms with Crippen LogP contribution in [0.25, 0.3) is 0 Å². The summed E-state index contributed by atoms with van der Waals surface area (Å²) in [6.07, 6.45) is 0. The monoisotopic (exact) mass is 428 g/mol. The lowest BCUT2D eigenvalue weighted by atomic mass is 10.3. The Balaban J connectivity index is 2.04. The number of benzene rings is 1. The number of nitrogens with one attached hydrogen (secondary N) is 1. The molecule has 0 bridgehead atoms. The van der Waals surface area contributed by atoms with E-state index < -0.39 is 35.8 Å². The zero-order valence-electron chi connectivity index (χ0n) is 11.9. The highest BCUT2D eigenvalue weighted by Crippen LogP contribution is 2.36. The van der Waals surface area contributed by atoms with Crippen LogP contribution in [-0.2, 0) is 9.53 Å². The van der Waals surface area contributed by atoms with E-state index in [2.05, 4.69) is 10.3 Å². The van der Waals surface area contributed by atoms with Gasteiger partial charge in [-0.3, -0.25) is 4.79 Å². The number of rotatable bonds is 4. The number of amides is 1. The molecule has 0 atom stereocenters. The van der Waals surface area contributed by atoms with Gasteiger partial charge in [-0.1, -0.05) is 46.4 Å². The zero-order valence-corrected chi connectivity index (χ0v) is 14.9. The Bertz CT molecular complexity index is 864. The number of pyridine rings is 1. The molecule has 0 saturated carbocycles. The molecule has 11 heteroatoms. The van der Waals surface area contributed by atoms with Crippen molar-refractivity contribution < 1.29 is 23.1 Å². The zero-order chi connectivity index (χ0) is 18.7. The predicted octanol–water partition coefficient (Wildman–Crippen LogP) is 4.77. The molecule has 0 radical (unpaired) electrons. The summed E-state index contributed by atoms with van der Waals surface area (Å²) in [5, 5.41) is 1.18. The highest BCUT2D eigenvalue weighted by Gasteiger charge is 2.22. The average Bonchev–Trinajstić information content (AvgIpc) is 2.56. The van der Waals surface area contributed by atoms with Gasteiger partial charge in [0.25, 0.3) is 5.91 Å². The fourth-order valence-electron chi connectivity index (χ4n) is 1.60. The van der Waals surface area contributed by atoms with E-state index >= 15 is 0 Å². The van der Waals surface area contributed by atoms with E-state index in [0.717, 1.165) is 12.1 Å². The minimum atomic E-state index is -1.10. The number of hydrogen-bond donors (Lipinski definition) is 1. The van der Waals surface area contributed by atoms with Crippen LogP contribution < -0.4 is 5.32 Å². The molecule has 2 rings (SSSR count). The first-order valence-electron chi connectivity index (χ1n) is 6.32. The number of hydrogen-bond acceptors (Lipinski definition) is 4.